The number of carbonyl (C=O) groups excluding carboxylic acids is 1. The number of carbonyl (C=O) groups is 1. The fourth-order valence-electron chi connectivity index (χ4n) is 3.81. The summed E-state index contributed by atoms with van der Waals surface area (Å²) >= 11 is 0. The van der Waals surface area contributed by atoms with Gasteiger partial charge in [-0.25, -0.2) is 0 Å². The molecule has 0 radical (unpaired) electrons. The van der Waals surface area contributed by atoms with Gasteiger partial charge in [0.2, 0.25) is 5.91 Å². The molecule has 21 heavy (non-hydrogen) atoms. The Kier molecular flexibility index (Phi) is 6.49. The molecule has 0 aromatic carbocycles. The van der Waals surface area contributed by atoms with E-state index in [1.807, 2.05) is 14.1 Å². The second kappa shape index (κ2) is 8.14. The van der Waals surface area contributed by atoms with Gasteiger partial charge in [-0.3, -0.25) is 9.69 Å². The van der Waals surface area contributed by atoms with Gasteiger partial charge in [-0.2, -0.15) is 0 Å². The minimum Gasteiger partial charge on any atom is -0.347 e. The van der Waals surface area contributed by atoms with Gasteiger partial charge >= 0.3 is 0 Å². The van der Waals surface area contributed by atoms with Crippen LogP contribution in [0.25, 0.3) is 0 Å². The van der Waals surface area contributed by atoms with Crippen molar-refractivity contribution >= 4 is 5.91 Å². The third-order valence-corrected chi connectivity index (χ3v) is 5.11. The molecule has 2 rings (SSSR count). The Labute approximate surface area is 130 Å². The van der Waals surface area contributed by atoms with E-state index in [-0.39, 0.29) is 11.9 Å². The molecule has 0 saturated carbocycles. The maximum Gasteiger partial charge on any atom is 0.239 e. The number of amides is 1. The number of hydrogen-bond donors (Lipinski definition) is 0. The predicted molar refractivity (Wildman–Crippen MR) is 87.4 cm³/mol. The standard InChI is InChI=1S/C17H33N3O/c1-15(17(21)18(2)3)20-12-8-9-16(14-20)13-19-10-6-4-5-7-11-19/h15-16H,4-14H2,1-3H3/t15-,16+/m0/s1. The number of piperidine rings is 1. The summed E-state index contributed by atoms with van der Waals surface area (Å²) < 4.78 is 0. The summed E-state index contributed by atoms with van der Waals surface area (Å²) in [4.78, 5) is 18.9. The summed E-state index contributed by atoms with van der Waals surface area (Å²) in [5, 5.41) is 0. The third kappa shape index (κ3) is 4.96. The Bertz CT molecular complexity index is 324. The fourth-order valence-corrected chi connectivity index (χ4v) is 3.81. The van der Waals surface area contributed by atoms with Crippen LogP contribution in [0.3, 0.4) is 0 Å². The predicted octanol–water partition coefficient (Wildman–Crippen LogP) is 2.05. The average Bonchev–Trinajstić information content (AvgIpc) is 2.74. The first-order chi connectivity index (χ1) is 10.1. The van der Waals surface area contributed by atoms with Gasteiger partial charge in [0.05, 0.1) is 6.04 Å². The maximum atomic E-state index is 12.2. The maximum absolute atomic E-state index is 12.2. The molecule has 1 amide bonds. The molecule has 0 spiro atoms. The van der Waals surface area contributed by atoms with Gasteiger partial charge in [0.15, 0.2) is 0 Å². The minimum absolute atomic E-state index is 0.0342. The van der Waals surface area contributed by atoms with Crippen molar-refractivity contribution in [1.29, 1.82) is 0 Å². The Hall–Kier alpha value is -0.610. The van der Waals surface area contributed by atoms with Crippen LogP contribution < -0.4 is 0 Å². The fraction of sp³-hybridized carbons (Fsp3) is 0.941. The molecule has 0 unspecified atom stereocenters. The molecule has 2 saturated heterocycles. The van der Waals surface area contributed by atoms with Crippen LogP contribution in [0.4, 0.5) is 0 Å². The Morgan fingerprint density at radius 1 is 1.10 bits per heavy atom. The molecule has 0 aromatic rings. The number of likely N-dealkylation sites (N-methyl/N-ethyl adjacent to an activating group) is 1. The third-order valence-electron chi connectivity index (χ3n) is 5.11. The van der Waals surface area contributed by atoms with Crippen molar-refractivity contribution in [2.45, 2.75) is 51.5 Å². The van der Waals surface area contributed by atoms with Crippen molar-refractivity contribution in [3.05, 3.63) is 0 Å². The van der Waals surface area contributed by atoms with Gasteiger partial charge in [-0.05, 0) is 58.2 Å². The first-order valence-electron chi connectivity index (χ1n) is 8.75. The van der Waals surface area contributed by atoms with Crippen LogP contribution in [0.1, 0.15) is 45.4 Å². The lowest BCUT2D eigenvalue weighted by atomic mass is 9.96. The summed E-state index contributed by atoms with van der Waals surface area (Å²) in [6, 6.07) is 0.0342. The van der Waals surface area contributed by atoms with Crippen LogP contribution in [-0.2, 0) is 4.79 Å². The molecule has 0 aromatic heterocycles. The highest BCUT2D eigenvalue weighted by Crippen LogP contribution is 2.21. The van der Waals surface area contributed by atoms with Crippen molar-refractivity contribution in [2.24, 2.45) is 5.92 Å². The second-order valence-corrected chi connectivity index (χ2v) is 7.13. The normalized spacial score (nSPS) is 27.1. The first-order valence-corrected chi connectivity index (χ1v) is 8.75. The molecule has 4 heteroatoms. The summed E-state index contributed by atoms with van der Waals surface area (Å²) in [5.41, 5.74) is 0. The van der Waals surface area contributed by atoms with E-state index >= 15 is 0 Å². The van der Waals surface area contributed by atoms with Gasteiger partial charge in [0.25, 0.3) is 0 Å². The SMILES string of the molecule is C[C@@H](C(=O)N(C)C)N1CCC[C@H](CN2CCCCCC2)C1. The largest absolute Gasteiger partial charge is 0.347 e. The van der Waals surface area contributed by atoms with E-state index in [0.29, 0.717) is 0 Å². The van der Waals surface area contributed by atoms with Gasteiger partial charge in [-0.1, -0.05) is 12.8 Å². The van der Waals surface area contributed by atoms with Crippen LogP contribution >= 0.6 is 0 Å². The summed E-state index contributed by atoms with van der Waals surface area (Å²) in [6.45, 7) is 8.04. The molecular weight excluding hydrogens is 262 g/mol. The van der Waals surface area contributed by atoms with Crippen molar-refractivity contribution in [3.8, 4) is 0 Å². The van der Waals surface area contributed by atoms with Gasteiger partial charge in [-0.15, -0.1) is 0 Å². The first kappa shape index (κ1) is 16.8. The van der Waals surface area contributed by atoms with Gasteiger partial charge in [0.1, 0.15) is 0 Å². The lowest BCUT2D eigenvalue weighted by Crippen LogP contribution is -2.50. The summed E-state index contributed by atoms with van der Waals surface area (Å²) in [6.07, 6.45) is 8.11. The Morgan fingerprint density at radius 2 is 1.76 bits per heavy atom. The number of nitrogens with zero attached hydrogens (tertiary/aromatic N) is 3. The van der Waals surface area contributed by atoms with E-state index in [1.54, 1.807) is 4.90 Å². The summed E-state index contributed by atoms with van der Waals surface area (Å²) in [7, 11) is 3.72. The Morgan fingerprint density at radius 3 is 2.38 bits per heavy atom. The zero-order valence-corrected chi connectivity index (χ0v) is 14.2. The van der Waals surface area contributed by atoms with Gasteiger partial charge in [0, 0.05) is 27.2 Å². The van der Waals surface area contributed by atoms with Crippen molar-refractivity contribution in [2.75, 3.05) is 46.8 Å². The van der Waals surface area contributed by atoms with E-state index in [0.717, 1.165) is 19.0 Å². The molecule has 0 bridgehead atoms. The Balaban J connectivity index is 1.83. The van der Waals surface area contributed by atoms with Crippen LogP contribution in [0.5, 0.6) is 0 Å². The van der Waals surface area contributed by atoms with E-state index in [4.69, 9.17) is 0 Å². The highest BCUT2D eigenvalue weighted by atomic mass is 16.2. The minimum atomic E-state index is 0.0342. The number of likely N-dealkylation sites (tertiary alicyclic amines) is 2. The van der Waals surface area contributed by atoms with E-state index in [1.165, 1.54) is 58.2 Å². The number of hydrogen-bond acceptors (Lipinski definition) is 3. The van der Waals surface area contributed by atoms with Crippen LogP contribution in [0, 0.1) is 5.92 Å². The molecule has 4 nitrogen and oxygen atoms in total. The summed E-state index contributed by atoms with van der Waals surface area (Å²) in [5.74, 6) is 0.986. The average molecular weight is 295 g/mol. The van der Waals surface area contributed by atoms with Crippen molar-refractivity contribution < 1.29 is 4.79 Å². The van der Waals surface area contributed by atoms with Gasteiger partial charge < -0.3 is 9.80 Å². The van der Waals surface area contributed by atoms with Crippen molar-refractivity contribution in [1.82, 2.24) is 14.7 Å². The lowest BCUT2D eigenvalue weighted by Gasteiger charge is -2.38. The zero-order chi connectivity index (χ0) is 15.2. The molecular formula is C17H33N3O. The highest BCUT2D eigenvalue weighted by molar-refractivity contribution is 5.80. The highest BCUT2D eigenvalue weighted by Gasteiger charge is 2.29. The molecule has 2 aliphatic heterocycles. The van der Waals surface area contributed by atoms with E-state index in [9.17, 15) is 4.79 Å². The van der Waals surface area contributed by atoms with Crippen LogP contribution in [-0.4, -0.2) is 73.5 Å². The zero-order valence-electron chi connectivity index (χ0n) is 14.2. The van der Waals surface area contributed by atoms with E-state index in [2.05, 4.69) is 16.7 Å². The molecule has 0 N–H and O–H groups in total. The molecule has 2 heterocycles. The molecule has 2 fully saturated rings. The van der Waals surface area contributed by atoms with E-state index < -0.39 is 0 Å². The number of rotatable bonds is 4. The quantitative estimate of drug-likeness (QED) is 0.794. The smallest absolute Gasteiger partial charge is 0.239 e. The molecule has 2 atom stereocenters. The monoisotopic (exact) mass is 295 g/mol. The van der Waals surface area contributed by atoms with Crippen molar-refractivity contribution in [3.63, 3.8) is 0 Å². The molecule has 0 aliphatic carbocycles. The van der Waals surface area contributed by atoms with Crippen LogP contribution in [0.15, 0.2) is 0 Å². The topological polar surface area (TPSA) is 26.8 Å². The second-order valence-electron chi connectivity index (χ2n) is 7.13. The van der Waals surface area contributed by atoms with Crippen LogP contribution in [0.2, 0.25) is 0 Å². The molecule has 2 aliphatic rings. The lowest BCUT2D eigenvalue weighted by molar-refractivity contribution is -0.134. The molecule has 122 valence electrons.